The molecule has 1 heterocycles. The van der Waals surface area contributed by atoms with Crippen LogP contribution in [0, 0.1) is 5.92 Å². The van der Waals surface area contributed by atoms with Crippen LogP contribution in [0.4, 0.5) is 0 Å². The predicted octanol–water partition coefficient (Wildman–Crippen LogP) is -1.68. The van der Waals surface area contributed by atoms with Crippen LogP contribution in [0.25, 0.3) is 0 Å². The van der Waals surface area contributed by atoms with Gasteiger partial charge in [-0.3, -0.25) is 9.79 Å². The number of guanidine groups is 1. The third-order valence-corrected chi connectivity index (χ3v) is 2.05. The van der Waals surface area contributed by atoms with E-state index in [9.17, 15) is 4.79 Å². The number of nitrogens with two attached hydrogens (primary N) is 2. The Hall–Kier alpha value is -1.30. The lowest BCUT2D eigenvalue weighted by molar-refractivity contribution is -0.139. The average molecular weight is 186 g/mol. The first kappa shape index (κ1) is 9.79. The molecule has 0 spiro atoms. The van der Waals surface area contributed by atoms with Crippen LogP contribution in [0.2, 0.25) is 0 Å². The molecule has 13 heavy (non-hydrogen) atoms. The van der Waals surface area contributed by atoms with E-state index in [2.05, 4.69) is 10.3 Å². The molecule has 0 saturated carbocycles. The first-order chi connectivity index (χ1) is 6.09. The minimum Gasteiger partial charge on any atom is -0.480 e. The van der Waals surface area contributed by atoms with Crippen LogP contribution in [0.1, 0.15) is 6.42 Å². The Labute approximate surface area is 76.0 Å². The molecular formula is C7H14N4O2. The van der Waals surface area contributed by atoms with Gasteiger partial charge in [0.2, 0.25) is 0 Å². The van der Waals surface area contributed by atoms with E-state index < -0.39 is 12.0 Å². The molecule has 0 aromatic heterocycles. The molecule has 6 N–H and O–H groups in total. The molecule has 0 aromatic carbocycles. The summed E-state index contributed by atoms with van der Waals surface area (Å²) < 4.78 is 0. The molecule has 0 radical (unpaired) electrons. The number of nitrogens with one attached hydrogen (secondary N) is 1. The van der Waals surface area contributed by atoms with E-state index in [1.165, 1.54) is 0 Å². The number of aliphatic imine (C=N–C) groups is 1. The van der Waals surface area contributed by atoms with Crippen LogP contribution in [0.5, 0.6) is 0 Å². The molecule has 2 atom stereocenters. The van der Waals surface area contributed by atoms with Crippen molar-refractivity contribution < 1.29 is 9.90 Å². The first-order valence-electron chi connectivity index (χ1n) is 4.11. The Bertz CT molecular complexity index is 225. The molecule has 1 fully saturated rings. The lowest BCUT2D eigenvalue weighted by atomic mass is 10.1. The van der Waals surface area contributed by atoms with Crippen LogP contribution in [-0.4, -0.2) is 36.2 Å². The third kappa shape index (κ3) is 2.90. The fourth-order valence-electron chi connectivity index (χ4n) is 1.37. The van der Waals surface area contributed by atoms with Gasteiger partial charge in [-0.05, 0) is 12.3 Å². The van der Waals surface area contributed by atoms with Crippen molar-refractivity contribution in [2.75, 3.05) is 13.1 Å². The summed E-state index contributed by atoms with van der Waals surface area (Å²) in [6.07, 6.45) is 0.589. The van der Waals surface area contributed by atoms with Crippen LogP contribution in [0.3, 0.4) is 0 Å². The van der Waals surface area contributed by atoms with E-state index in [4.69, 9.17) is 16.6 Å². The minimum absolute atomic E-state index is 0.0544. The molecule has 1 saturated heterocycles. The van der Waals surface area contributed by atoms with Crippen LogP contribution >= 0.6 is 0 Å². The summed E-state index contributed by atoms with van der Waals surface area (Å²) in [5.74, 6) is -0.533. The molecule has 1 rings (SSSR count). The summed E-state index contributed by atoms with van der Waals surface area (Å²) >= 11 is 0. The van der Waals surface area contributed by atoms with E-state index in [-0.39, 0.29) is 11.9 Å². The zero-order valence-corrected chi connectivity index (χ0v) is 7.23. The van der Waals surface area contributed by atoms with Gasteiger partial charge in [0.25, 0.3) is 0 Å². The number of carbonyl (C=O) groups is 1. The van der Waals surface area contributed by atoms with Gasteiger partial charge in [0, 0.05) is 13.1 Å². The van der Waals surface area contributed by atoms with Gasteiger partial charge in [-0.1, -0.05) is 0 Å². The highest BCUT2D eigenvalue weighted by molar-refractivity contribution is 5.75. The summed E-state index contributed by atoms with van der Waals surface area (Å²) in [4.78, 5) is 14.4. The summed E-state index contributed by atoms with van der Waals surface area (Å²) in [6.45, 7) is 1.16. The van der Waals surface area contributed by atoms with E-state index in [1.54, 1.807) is 0 Å². The number of rotatable bonds is 3. The summed E-state index contributed by atoms with van der Waals surface area (Å²) in [5, 5.41) is 11.5. The van der Waals surface area contributed by atoms with E-state index >= 15 is 0 Å². The Kier molecular flexibility index (Phi) is 3.07. The number of nitrogens with zero attached hydrogens (tertiary/aromatic N) is 1. The van der Waals surface area contributed by atoms with E-state index in [0.717, 1.165) is 0 Å². The Morgan fingerprint density at radius 3 is 2.77 bits per heavy atom. The second-order valence-corrected chi connectivity index (χ2v) is 3.17. The quantitative estimate of drug-likeness (QED) is 0.310. The molecule has 1 aliphatic rings. The zero-order valence-electron chi connectivity index (χ0n) is 7.23. The van der Waals surface area contributed by atoms with Crippen molar-refractivity contribution in [3.05, 3.63) is 0 Å². The van der Waals surface area contributed by atoms with Crippen molar-refractivity contribution in [2.24, 2.45) is 22.4 Å². The number of carboxylic acid groups (broad SMARTS) is 1. The Balaban J connectivity index is 2.33. The predicted molar refractivity (Wildman–Crippen MR) is 48.2 cm³/mol. The first-order valence-corrected chi connectivity index (χ1v) is 4.11. The normalized spacial score (nSPS) is 27.1. The average Bonchev–Trinajstić information content (AvgIpc) is 2.48. The summed E-state index contributed by atoms with van der Waals surface area (Å²) in [7, 11) is 0. The van der Waals surface area contributed by atoms with Gasteiger partial charge in [-0.15, -0.1) is 0 Å². The summed E-state index contributed by atoms with van der Waals surface area (Å²) in [5.41, 5.74) is 10.3. The fraction of sp³-hybridized carbons (Fsp3) is 0.714. The molecule has 74 valence electrons. The molecule has 1 unspecified atom stereocenters. The third-order valence-electron chi connectivity index (χ3n) is 2.05. The van der Waals surface area contributed by atoms with Gasteiger partial charge in [0.1, 0.15) is 6.04 Å². The monoisotopic (exact) mass is 186 g/mol. The maximum Gasteiger partial charge on any atom is 0.320 e. The van der Waals surface area contributed by atoms with Crippen molar-refractivity contribution in [2.45, 2.75) is 12.5 Å². The second kappa shape index (κ2) is 4.08. The maximum absolute atomic E-state index is 10.5. The highest BCUT2D eigenvalue weighted by Crippen LogP contribution is 2.14. The molecule has 0 aromatic rings. The van der Waals surface area contributed by atoms with Crippen molar-refractivity contribution in [1.82, 2.24) is 5.32 Å². The zero-order chi connectivity index (χ0) is 9.84. The van der Waals surface area contributed by atoms with Crippen molar-refractivity contribution in [1.29, 1.82) is 0 Å². The highest BCUT2D eigenvalue weighted by Gasteiger charge is 2.28. The van der Waals surface area contributed by atoms with Gasteiger partial charge < -0.3 is 21.9 Å². The van der Waals surface area contributed by atoms with E-state index in [1.807, 2.05) is 0 Å². The molecule has 0 aliphatic carbocycles. The lowest BCUT2D eigenvalue weighted by Gasteiger charge is -2.03. The number of hydrogen-bond acceptors (Lipinski definition) is 3. The van der Waals surface area contributed by atoms with Crippen LogP contribution < -0.4 is 16.8 Å². The summed E-state index contributed by atoms with van der Waals surface area (Å²) in [6, 6.07) is -0.445. The van der Waals surface area contributed by atoms with Gasteiger partial charge in [0.05, 0.1) is 0 Å². The van der Waals surface area contributed by atoms with Gasteiger partial charge >= 0.3 is 5.97 Å². The van der Waals surface area contributed by atoms with Crippen LogP contribution in [-0.2, 0) is 4.79 Å². The SMILES string of the molecule is NC(N)=NCC1CN[C@H](C(=O)O)C1. The molecule has 6 heteroatoms. The molecular weight excluding hydrogens is 172 g/mol. The van der Waals surface area contributed by atoms with E-state index in [0.29, 0.717) is 19.5 Å². The molecule has 1 aliphatic heterocycles. The fourth-order valence-corrected chi connectivity index (χ4v) is 1.37. The molecule has 0 amide bonds. The number of hydrogen-bond donors (Lipinski definition) is 4. The standard InChI is InChI=1S/C7H14N4O2/c8-7(9)11-3-4-1-5(6(12)13)10-2-4/h4-5,10H,1-3H2,(H,12,13)(H4,8,9,11)/t4?,5-/m0/s1. The van der Waals surface area contributed by atoms with Gasteiger partial charge in [-0.2, -0.15) is 0 Å². The largest absolute Gasteiger partial charge is 0.480 e. The lowest BCUT2D eigenvalue weighted by Crippen LogP contribution is -2.29. The van der Waals surface area contributed by atoms with Crippen molar-refractivity contribution >= 4 is 11.9 Å². The smallest absolute Gasteiger partial charge is 0.320 e. The molecule has 0 bridgehead atoms. The number of aliphatic carboxylic acids is 1. The highest BCUT2D eigenvalue weighted by atomic mass is 16.4. The van der Waals surface area contributed by atoms with Crippen molar-refractivity contribution in [3.63, 3.8) is 0 Å². The number of carboxylic acids is 1. The van der Waals surface area contributed by atoms with Gasteiger partial charge in [-0.25, -0.2) is 0 Å². The van der Waals surface area contributed by atoms with Crippen molar-refractivity contribution in [3.8, 4) is 0 Å². The Morgan fingerprint density at radius 2 is 2.31 bits per heavy atom. The van der Waals surface area contributed by atoms with Crippen LogP contribution in [0.15, 0.2) is 4.99 Å². The second-order valence-electron chi connectivity index (χ2n) is 3.17. The topological polar surface area (TPSA) is 114 Å². The van der Waals surface area contributed by atoms with Gasteiger partial charge in [0.15, 0.2) is 5.96 Å². The molecule has 6 nitrogen and oxygen atoms in total. The Morgan fingerprint density at radius 1 is 1.62 bits per heavy atom. The maximum atomic E-state index is 10.5. The minimum atomic E-state index is -0.813.